The van der Waals surface area contributed by atoms with Crippen LogP contribution in [0.4, 0.5) is 0 Å². The van der Waals surface area contributed by atoms with E-state index in [1.54, 1.807) is 0 Å². The number of hydrogen-bond donors (Lipinski definition) is 4. The number of halogens is 1. The van der Waals surface area contributed by atoms with Crippen LogP contribution in [0.3, 0.4) is 0 Å². The molecule has 0 saturated carbocycles. The van der Waals surface area contributed by atoms with Crippen LogP contribution in [0.1, 0.15) is 5.56 Å². The van der Waals surface area contributed by atoms with Crippen LogP contribution < -0.4 is 5.73 Å². The molecule has 16 heavy (non-hydrogen) atoms. The number of aromatic hydroxyl groups is 2. The first-order valence-electron chi connectivity index (χ1n) is 4.20. The monoisotopic (exact) mass is 267 g/mol. The van der Waals surface area contributed by atoms with Crippen molar-refractivity contribution in [3.05, 3.63) is 16.7 Å². The largest absolute Gasteiger partial charge is 0.504 e. The molecule has 5 N–H and O–H groups in total. The molecule has 0 aliphatic heterocycles. The van der Waals surface area contributed by atoms with Gasteiger partial charge in [-0.05, 0) is 18.5 Å². The molecule has 0 atom stereocenters. The predicted molar refractivity (Wildman–Crippen MR) is 57.4 cm³/mol. The van der Waals surface area contributed by atoms with Crippen molar-refractivity contribution >= 4 is 21.7 Å². The van der Waals surface area contributed by atoms with Crippen molar-refractivity contribution in [3.63, 3.8) is 0 Å². The van der Waals surface area contributed by atoms with Crippen molar-refractivity contribution in [3.8, 4) is 11.5 Å². The summed E-state index contributed by atoms with van der Waals surface area (Å²) in [7, 11) is -4.68. The maximum Gasteiger partial charge on any atom is 0.298 e. The Kier molecular flexibility index (Phi) is 3.64. The predicted octanol–water partition coefficient (Wildman–Crippen LogP) is 0.499. The summed E-state index contributed by atoms with van der Waals surface area (Å²) in [5.41, 5.74) is 5.22. The second kappa shape index (κ2) is 4.46. The third kappa shape index (κ3) is 2.38. The van der Waals surface area contributed by atoms with E-state index in [1.807, 2.05) is 0 Å². The molecule has 0 unspecified atom stereocenters. The number of rotatable bonds is 3. The highest BCUT2D eigenvalue weighted by Gasteiger charge is 2.25. The normalized spacial score (nSPS) is 11.7. The maximum absolute atomic E-state index is 11.0. The summed E-state index contributed by atoms with van der Waals surface area (Å²) >= 11 is 5.69. The van der Waals surface area contributed by atoms with Gasteiger partial charge in [-0.25, -0.2) is 0 Å². The van der Waals surface area contributed by atoms with Gasteiger partial charge in [-0.15, -0.1) is 0 Å². The van der Waals surface area contributed by atoms with Crippen molar-refractivity contribution in [2.24, 2.45) is 5.73 Å². The molecule has 1 aromatic carbocycles. The molecule has 1 rings (SSSR count). The summed E-state index contributed by atoms with van der Waals surface area (Å²) in [5.74, 6) is -1.66. The van der Waals surface area contributed by atoms with Crippen LogP contribution in [0.25, 0.3) is 0 Å². The molecule has 0 bridgehead atoms. The van der Waals surface area contributed by atoms with Gasteiger partial charge in [0.2, 0.25) is 0 Å². The first-order chi connectivity index (χ1) is 7.29. The van der Waals surface area contributed by atoms with Gasteiger partial charge < -0.3 is 15.9 Å². The Morgan fingerprint density at radius 2 is 1.94 bits per heavy atom. The van der Waals surface area contributed by atoms with Crippen LogP contribution in [-0.4, -0.2) is 29.7 Å². The summed E-state index contributed by atoms with van der Waals surface area (Å²) in [6.07, 6.45) is 0.0434. The van der Waals surface area contributed by atoms with Crippen LogP contribution in [0.2, 0.25) is 5.02 Å². The Labute approximate surface area is 97.0 Å². The van der Waals surface area contributed by atoms with Gasteiger partial charge in [0, 0.05) is 11.1 Å². The minimum absolute atomic E-state index is 0.0260. The Balaban J connectivity index is 3.65. The minimum atomic E-state index is -4.68. The van der Waals surface area contributed by atoms with E-state index in [2.05, 4.69) is 0 Å². The lowest BCUT2D eigenvalue weighted by molar-refractivity contribution is 0.387. The second-order valence-electron chi connectivity index (χ2n) is 3.05. The van der Waals surface area contributed by atoms with Crippen LogP contribution in [0.5, 0.6) is 11.5 Å². The molecule has 8 heteroatoms. The average Bonchev–Trinajstić information content (AvgIpc) is 2.12. The fourth-order valence-corrected chi connectivity index (χ4v) is 2.52. The third-order valence-corrected chi connectivity index (χ3v) is 3.23. The topological polar surface area (TPSA) is 121 Å². The Morgan fingerprint density at radius 3 is 2.38 bits per heavy atom. The second-order valence-corrected chi connectivity index (χ2v) is 4.81. The van der Waals surface area contributed by atoms with Crippen LogP contribution in [0.15, 0.2) is 11.0 Å². The molecule has 0 radical (unpaired) electrons. The molecule has 90 valence electrons. The van der Waals surface area contributed by atoms with Crippen molar-refractivity contribution in [1.29, 1.82) is 0 Å². The molecule has 0 aliphatic carbocycles. The zero-order valence-corrected chi connectivity index (χ0v) is 9.59. The third-order valence-electron chi connectivity index (χ3n) is 1.94. The number of phenols is 2. The highest BCUT2D eigenvalue weighted by atomic mass is 35.5. The van der Waals surface area contributed by atoms with E-state index in [4.69, 9.17) is 21.9 Å². The smallest absolute Gasteiger partial charge is 0.298 e. The molecule has 0 aliphatic rings. The first-order valence-corrected chi connectivity index (χ1v) is 6.01. The summed E-state index contributed by atoms with van der Waals surface area (Å²) in [5, 5.41) is 18.5. The fourth-order valence-electron chi connectivity index (χ4n) is 1.30. The summed E-state index contributed by atoms with van der Waals surface area (Å²) in [6, 6.07) is 0.983. The number of hydrogen-bond acceptors (Lipinski definition) is 5. The summed E-state index contributed by atoms with van der Waals surface area (Å²) in [4.78, 5) is -0.803. The van der Waals surface area contributed by atoms with Gasteiger partial charge in [-0.1, -0.05) is 11.6 Å². The van der Waals surface area contributed by atoms with E-state index in [1.165, 1.54) is 0 Å². The van der Waals surface area contributed by atoms with E-state index in [-0.39, 0.29) is 23.6 Å². The van der Waals surface area contributed by atoms with E-state index in [0.29, 0.717) is 0 Å². The van der Waals surface area contributed by atoms with Crippen LogP contribution in [0, 0.1) is 0 Å². The molecule has 0 fully saturated rings. The highest BCUT2D eigenvalue weighted by Crippen LogP contribution is 2.39. The highest BCUT2D eigenvalue weighted by molar-refractivity contribution is 7.86. The van der Waals surface area contributed by atoms with Gasteiger partial charge in [-0.2, -0.15) is 8.42 Å². The lowest BCUT2D eigenvalue weighted by Gasteiger charge is -2.11. The first kappa shape index (κ1) is 13.0. The zero-order chi connectivity index (χ0) is 12.5. The van der Waals surface area contributed by atoms with E-state index >= 15 is 0 Å². The number of phenolic OH excluding ortho intramolecular Hbond substituents is 2. The van der Waals surface area contributed by atoms with Crippen molar-refractivity contribution in [2.75, 3.05) is 6.54 Å². The SMILES string of the molecule is NCCc1c(Cl)cc(O)c(O)c1S(=O)(=O)O. The molecular weight excluding hydrogens is 258 g/mol. The number of benzene rings is 1. The molecule has 0 aromatic heterocycles. The van der Waals surface area contributed by atoms with E-state index in [9.17, 15) is 18.6 Å². The Hall–Kier alpha value is -1.02. The van der Waals surface area contributed by atoms with Crippen molar-refractivity contribution < 1.29 is 23.2 Å². The molecule has 1 aromatic rings. The molecule has 0 amide bonds. The maximum atomic E-state index is 11.0. The van der Waals surface area contributed by atoms with E-state index < -0.39 is 26.5 Å². The molecule has 0 heterocycles. The van der Waals surface area contributed by atoms with E-state index in [0.717, 1.165) is 6.07 Å². The minimum Gasteiger partial charge on any atom is -0.504 e. The van der Waals surface area contributed by atoms with Gasteiger partial charge in [0.15, 0.2) is 11.5 Å². The van der Waals surface area contributed by atoms with Crippen LogP contribution in [-0.2, 0) is 16.5 Å². The lowest BCUT2D eigenvalue weighted by atomic mass is 10.1. The standard InChI is InChI=1S/C8H10ClNO5S/c9-5-3-6(11)7(12)8(16(13,14)15)4(5)1-2-10/h3,11-12H,1-2,10H2,(H,13,14,15). The Morgan fingerprint density at radius 1 is 1.38 bits per heavy atom. The zero-order valence-electron chi connectivity index (χ0n) is 8.01. The molecule has 0 saturated heterocycles. The molecule has 0 spiro atoms. The fraction of sp³-hybridized carbons (Fsp3) is 0.250. The molecule has 6 nitrogen and oxygen atoms in total. The van der Waals surface area contributed by atoms with Gasteiger partial charge in [0.1, 0.15) is 4.90 Å². The van der Waals surface area contributed by atoms with Crippen molar-refractivity contribution in [2.45, 2.75) is 11.3 Å². The quantitative estimate of drug-likeness (QED) is 0.467. The lowest BCUT2D eigenvalue weighted by Crippen LogP contribution is -2.10. The van der Waals surface area contributed by atoms with Gasteiger partial charge in [0.05, 0.1) is 0 Å². The van der Waals surface area contributed by atoms with Gasteiger partial charge in [-0.3, -0.25) is 4.55 Å². The summed E-state index contributed by atoms with van der Waals surface area (Å²) in [6.45, 7) is 0.0758. The molecular formula is C8H10ClNO5S. The van der Waals surface area contributed by atoms with Crippen molar-refractivity contribution in [1.82, 2.24) is 0 Å². The summed E-state index contributed by atoms with van der Waals surface area (Å²) < 4.78 is 31.0. The average molecular weight is 268 g/mol. The van der Waals surface area contributed by atoms with Gasteiger partial charge in [0.25, 0.3) is 10.1 Å². The van der Waals surface area contributed by atoms with Crippen LogP contribution >= 0.6 is 11.6 Å². The Bertz CT molecular complexity index is 514. The van der Waals surface area contributed by atoms with Gasteiger partial charge >= 0.3 is 0 Å². The number of nitrogens with two attached hydrogens (primary N) is 1.